The van der Waals surface area contributed by atoms with Gasteiger partial charge in [0.25, 0.3) is 0 Å². The Morgan fingerprint density at radius 1 is 1.29 bits per heavy atom. The molecule has 2 rings (SSSR count). The number of hydrogen-bond donors (Lipinski definition) is 1. The predicted molar refractivity (Wildman–Crippen MR) is 56.9 cm³/mol. The molecule has 80 valence electrons. The fraction of sp³-hybridized carbons (Fsp3) is 0.917. The van der Waals surface area contributed by atoms with Crippen LogP contribution in [0.2, 0.25) is 0 Å². The normalized spacial score (nSPS) is 25.4. The molecule has 1 amide bonds. The van der Waals surface area contributed by atoms with Gasteiger partial charge in [0.05, 0.1) is 5.41 Å². The third-order valence-electron chi connectivity index (χ3n) is 4.06. The molecule has 0 aliphatic heterocycles. The van der Waals surface area contributed by atoms with Gasteiger partial charge in [-0.1, -0.05) is 20.8 Å². The second-order valence-corrected chi connectivity index (χ2v) is 5.93. The van der Waals surface area contributed by atoms with E-state index in [-0.39, 0.29) is 10.8 Å². The lowest BCUT2D eigenvalue weighted by molar-refractivity contribution is -0.131. The number of nitrogens with one attached hydrogen (secondary N) is 1. The molecule has 2 aliphatic rings. The number of carbonyl (C=O) groups excluding carboxylic acids is 1. The van der Waals surface area contributed by atoms with Gasteiger partial charge in [0.15, 0.2) is 0 Å². The highest BCUT2D eigenvalue weighted by Crippen LogP contribution is 2.58. The molecule has 0 aromatic carbocycles. The summed E-state index contributed by atoms with van der Waals surface area (Å²) in [4.78, 5) is 12.1. The van der Waals surface area contributed by atoms with Gasteiger partial charge in [0.2, 0.25) is 5.91 Å². The molecule has 0 aromatic rings. The molecule has 0 bridgehead atoms. The van der Waals surface area contributed by atoms with E-state index in [4.69, 9.17) is 0 Å². The van der Waals surface area contributed by atoms with Crippen molar-refractivity contribution in [1.29, 1.82) is 0 Å². The van der Waals surface area contributed by atoms with Crippen LogP contribution < -0.4 is 5.32 Å². The van der Waals surface area contributed by atoms with Crippen molar-refractivity contribution in [1.82, 2.24) is 5.32 Å². The fourth-order valence-electron chi connectivity index (χ4n) is 2.32. The Bertz CT molecular complexity index is 244. The lowest BCUT2D eigenvalue weighted by atomic mass is 9.76. The molecule has 0 saturated heterocycles. The van der Waals surface area contributed by atoms with Gasteiger partial charge in [-0.25, -0.2) is 0 Å². The second-order valence-electron chi connectivity index (χ2n) is 5.93. The summed E-state index contributed by atoms with van der Waals surface area (Å²) in [5.74, 6) is 0.315. The summed E-state index contributed by atoms with van der Waals surface area (Å²) in [6.07, 6.45) is 5.81. The first-order chi connectivity index (χ1) is 6.46. The zero-order valence-electron chi connectivity index (χ0n) is 9.52. The van der Waals surface area contributed by atoms with E-state index in [0.29, 0.717) is 11.9 Å². The van der Waals surface area contributed by atoms with Crippen LogP contribution in [0.4, 0.5) is 0 Å². The second kappa shape index (κ2) is 2.98. The molecule has 0 atom stereocenters. The first-order valence-electron chi connectivity index (χ1n) is 5.77. The molecule has 2 fully saturated rings. The van der Waals surface area contributed by atoms with Crippen LogP contribution in [0.3, 0.4) is 0 Å². The van der Waals surface area contributed by atoms with Crippen molar-refractivity contribution in [3.05, 3.63) is 0 Å². The summed E-state index contributed by atoms with van der Waals surface area (Å²) < 4.78 is 0. The lowest BCUT2D eigenvalue weighted by Crippen LogP contribution is -2.46. The molecular weight excluding hydrogens is 174 g/mol. The van der Waals surface area contributed by atoms with Crippen LogP contribution >= 0.6 is 0 Å². The minimum atomic E-state index is -0.0391. The Hall–Kier alpha value is -0.530. The van der Waals surface area contributed by atoms with E-state index in [2.05, 4.69) is 26.1 Å². The predicted octanol–water partition coefficient (Wildman–Crippen LogP) is 2.48. The van der Waals surface area contributed by atoms with Crippen molar-refractivity contribution < 1.29 is 4.79 Å². The van der Waals surface area contributed by atoms with E-state index in [1.54, 1.807) is 0 Å². The van der Waals surface area contributed by atoms with Gasteiger partial charge in [-0.2, -0.15) is 0 Å². The van der Waals surface area contributed by atoms with Crippen molar-refractivity contribution in [2.45, 2.75) is 58.9 Å². The maximum Gasteiger partial charge on any atom is 0.226 e. The van der Waals surface area contributed by atoms with Crippen LogP contribution in [0.5, 0.6) is 0 Å². The van der Waals surface area contributed by atoms with Gasteiger partial charge in [-0.3, -0.25) is 4.79 Å². The number of rotatable bonds is 2. The number of hydrogen-bond acceptors (Lipinski definition) is 1. The Labute approximate surface area is 86.5 Å². The summed E-state index contributed by atoms with van der Waals surface area (Å²) in [6, 6.07) is 0.488. The van der Waals surface area contributed by atoms with E-state index in [1.165, 1.54) is 19.3 Å². The topological polar surface area (TPSA) is 29.1 Å². The summed E-state index contributed by atoms with van der Waals surface area (Å²) in [6.45, 7) is 6.54. The summed E-state index contributed by atoms with van der Waals surface area (Å²) >= 11 is 0. The van der Waals surface area contributed by atoms with E-state index < -0.39 is 0 Å². The summed E-state index contributed by atoms with van der Waals surface area (Å²) in [5.41, 5.74) is 0.0867. The Balaban J connectivity index is 1.96. The largest absolute Gasteiger partial charge is 0.353 e. The van der Waals surface area contributed by atoms with Gasteiger partial charge in [-0.15, -0.1) is 0 Å². The average molecular weight is 195 g/mol. The molecule has 0 spiro atoms. The van der Waals surface area contributed by atoms with Crippen molar-refractivity contribution in [2.24, 2.45) is 10.8 Å². The first kappa shape index (κ1) is 10.0. The first-order valence-corrected chi connectivity index (χ1v) is 5.77. The van der Waals surface area contributed by atoms with Crippen LogP contribution in [-0.2, 0) is 4.79 Å². The molecule has 2 saturated carbocycles. The van der Waals surface area contributed by atoms with Crippen LogP contribution in [0.15, 0.2) is 0 Å². The molecule has 0 aromatic heterocycles. The SMILES string of the molecule is CC(C)(C)C1(C(=O)NC2CCC2)CC1. The van der Waals surface area contributed by atoms with Crippen molar-refractivity contribution >= 4 is 5.91 Å². The van der Waals surface area contributed by atoms with E-state index in [1.807, 2.05) is 0 Å². The maximum absolute atomic E-state index is 12.1. The quantitative estimate of drug-likeness (QED) is 0.720. The molecule has 0 heterocycles. The van der Waals surface area contributed by atoms with Crippen molar-refractivity contribution in [3.8, 4) is 0 Å². The minimum Gasteiger partial charge on any atom is -0.353 e. The van der Waals surface area contributed by atoms with E-state index in [9.17, 15) is 4.79 Å². The molecule has 2 nitrogen and oxygen atoms in total. The molecule has 2 heteroatoms. The molecule has 14 heavy (non-hydrogen) atoms. The number of carbonyl (C=O) groups is 1. The van der Waals surface area contributed by atoms with Crippen LogP contribution in [-0.4, -0.2) is 11.9 Å². The molecule has 1 N–H and O–H groups in total. The summed E-state index contributed by atoms with van der Waals surface area (Å²) in [7, 11) is 0. The molecular formula is C12H21NO. The van der Waals surface area contributed by atoms with Gasteiger partial charge < -0.3 is 5.32 Å². The Morgan fingerprint density at radius 3 is 2.14 bits per heavy atom. The third kappa shape index (κ3) is 1.45. The highest BCUT2D eigenvalue weighted by molar-refractivity contribution is 5.86. The molecule has 2 aliphatic carbocycles. The zero-order valence-corrected chi connectivity index (χ0v) is 9.52. The van der Waals surface area contributed by atoms with Crippen LogP contribution in [0.1, 0.15) is 52.9 Å². The average Bonchev–Trinajstić information content (AvgIpc) is 2.73. The van der Waals surface area contributed by atoms with Gasteiger partial charge in [0, 0.05) is 6.04 Å². The van der Waals surface area contributed by atoms with Gasteiger partial charge in [-0.05, 0) is 37.5 Å². The van der Waals surface area contributed by atoms with Gasteiger partial charge >= 0.3 is 0 Å². The lowest BCUT2D eigenvalue weighted by Gasteiger charge is -2.34. The smallest absolute Gasteiger partial charge is 0.226 e. The van der Waals surface area contributed by atoms with Crippen LogP contribution in [0, 0.1) is 10.8 Å². The number of amides is 1. The molecule has 0 unspecified atom stereocenters. The zero-order chi connectivity index (χ0) is 10.4. The molecule has 0 radical (unpaired) electrons. The Kier molecular flexibility index (Phi) is 2.13. The van der Waals surface area contributed by atoms with E-state index >= 15 is 0 Å². The minimum absolute atomic E-state index is 0.0391. The van der Waals surface area contributed by atoms with Crippen LogP contribution in [0.25, 0.3) is 0 Å². The van der Waals surface area contributed by atoms with Gasteiger partial charge in [0.1, 0.15) is 0 Å². The fourth-order valence-corrected chi connectivity index (χ4v) is 2.32. The monoisotopic (exact) mass is 195 g/mol. The van der Waals surface area contributed by atoms with E-state index in [0.717, 1.165) is 12.8 Å². The highest BCUT2D eigenvalue weighted by atomic mass is 16.2. The highest BCUT2D eigenvalue weighted by Gasteiger charge is 2.57. The van der Waals surface area contributed by atoms with Crippen molar-refractivity contribution in [2.75, 3.05) is 0 Å². The standard InChI is InChI=1S/C12H21NO/c1-11(2,3)12(7-8-12)10(14)13-9-5-4-6-9/h9H,4-8H2,1-3H3,(H,13,14). The van der Waals surface area contributed by atoms with Crippen molar-refractivity contribution in [3.63, 3.8) is 0 Å². The maximum atomic E-state index is 12.1. The summed E-state index contributed by atoms with van der Waals surface area (Å²) in [5, 5.41) is 3.19. The Morgan fingerprint density at radius 2 is 1.86 bits per heavy atom. The third-order valence-corrected chi connectivity index (χ3v) is 4.06.